The molecule has 1 N–H and O–H groups in total. The maximum Gasteiger partial charge on any atom is 0.276 e. The molecule has 0 unspecified atom stereocenters. The molecule has 6 nitrogen and oxygen atoms in total. The lowest BCUT2D eigenvalue weighted by molar-refractivity contribution is 0.284. The van der Waals surface area contributed by atoms with E-state index in [1.165, 1.54) is 25.5 Å². The molecule has 0 saturated carbocycles. The summed E-state index contributed by atoms with van der Waals surface area (Å²) in [5.41, 5.74) is 2.34. The summed E-state index contributed by atoms with van der Waals surface area (Å²) in [6.45, 7) is 2.08. The average molecular weight is 479 g/mol. The van der Waals surface area contributed by atoms with Crippen LogP contribution in [0, 0.1) is 6.92 Å². The molecule has 0 spiro atoms. The number of hydrazone groups is 1. The monoisotopic (exact) mass is 478 g/mol. The first-order valence-electron chi connectivity index (χ1n) is 9.15. The van der Waals surface area contributed by atoms with Gasteiger partial charge in [-0.25, -0.2) is 4.83 Å². The predicted octanol–water partition coefficient (Wildman–Crippen LogP) is 5.20. The number of methoxy groups -OCH3 is 1. The normalized spacial score (nSPS) is 11.5. The number of benzene rings is 3. The molecule has 0 aliphatic carbocycles. The van der Waals surface area contributed by atoms with Crippen LogP contribution >= 0.6 is 23.2 Å². The second-order valence-electron chi connectivity index (χ2n) is 6.60. The van der Waals surface area contributed by atoms with E-state index in [0.717, 1.165) is 11.1 Å². The van der Waals surface area contributed by atoms with Crippen LogP contribution in [0.4, 0.5) is 0 Å². The van der Waals surface area contributed by atoms with Crippen molar-refractivity contribution >= 4 is 39.4 Å². The third-order valence-corrected chi connectivity index (χ3v) is 6.13. The quantitative estimate of drug-likeness (QED) is 0.356. The summed E-state index contributed by atoms with van der Waals surface area (Å²) in [6.07, 6.45) is 1.38. The molecule has 3 rings (SSSR count). The second-order valence-corrected chi connectivity index (χ2v) is 9.11. The molecular formula is C22H20Cl2N2O4S. The summed E-state index contributed by atoms with van der Waals surface area (Å²) in [5.74, 6) is 0.973. The first-order valence-corrected chi connectivity index (χ1v) is 11.4. The van der Waals surface area contributed by atoms with Crippen molar-refractivity contribution in [1.82, 2.24) is 4.83 Å². The lowest BCUT2D eigenvalue weighted by Gasteiger charge is -2.12. The van der Waals surface area contributed by atoms with Crippen LogP contribution in [0.25, 0.3) is 0 Å². The number of nitrogens with zero attached hydrogens (tertiary/aromatic N) is 1. The van der Waals surface area contributed by atoms with Crippen molar-refractivity contribution in [3.63, 3.8) is 0 Å². The van der Waals surface area contributed by atoms with Gasteiger partial charge in [0.2, 0.25) is 0 Å². The van der Waals surface area contributed by atoms with E-state index in [1.807, 2.05) is 6.92 Å². The summed E-state index contributed by atoms with van der Waals surface area (Å²) >= 11 is 12.1. The first-order chi connectivity index (χ1) is 14.8. The first kappa shape index (κ1) is 22.9. The van der Waals surface area contributed by atoms with Crippen LogP contribution in [-0.4, -0.2) is 21.7 Å². The van der Waals surface area contributed by atoms with Crippen LogP contribution in [-0.2, 0) is 16.6 Å². The molecule has 0 radical (unpaired) electrons. The van der Waals surface area contributed by atoms with Gasteiger partial charge in [0.15, 0.2) is 11.5 Å². The van der Waals surface area contributed by atoms with Crippen molar-refractivity contribution in [2.75, 3.05) is 7.11 Å². The van der Waals surface area contributed by atoms with Gasteiger partial charge in [-0.1, -0.05) is 47.0 Å². The summed E-state index contributed by atoms with van der Waals surface area (Å²) in [4.78, 5) is 2.33. The number of hydrogen-bond donors (Lipinski definition) is 1. The van der Waals surface area contributed by atoms with E-state index in [1.54, 1.807) is 48.5 Å². The fourth-order valence-corrected chi connectivity index (χ4v) is 3.88. The molecule has 0 aliphatic rings. The maximum atomic E-state index is 12.3. The standard InChI is InChI=1S/C22H20Cl2N2O4S/c1-15-3-8-19(9-4-15)31(27,28)26-25-13-16-5-10-21(29-2)22(11-16)30-14-17-6-7-18(23)12-20(17)24/h3-13,26H,14H2,1-2H3/b25-13-. The van der Waals surface area contributed by atoms with Gasteiger partial charge in [0.25, 0.3) is 10.0 Å². The number of rotatable bonds is 8. The van der Waals surface area contributed by atoms with E-state index in [4.69, 9.17) is 32.7 Å². The second kappa shape index (κ2) is 10.0. The summed E-state index contributed by atoms with van der Waals surface area (Å²) in [7, 11) is -2.23. The minimum atomic E-state index is -3.75. The minimum absolute atomic E-state index is 0.133. The number of ether oxygens (including phenoxy) is 2. The average Bonchev–Trinajstić information content (AvgIpc) is 2.73. The van der Waals surface area contributed by atoms with E-state index in [-0.39, 0.29) is 11.5 Å². The molecule has 31 heavy (non-hydrogen) atoms. The Morgan fingerprint density at radius 2 is 1.74 bits per heavy atom. The molecule has 0 amide bonds. The van der Waals surface area contributed by atoms with E-state index >= 15 is 0 Å². The Kier molecular flexibility index (Phi) is 7.43. The van der Waals surface area contributed by atoms with Crippen molar-refractivity contribution in [1.29, 1.82) is 0 Å². The molecule has 0 atom stereocenters. The fourth-order valence-electron chi connectivity index (χ4n) is 2.62. The Balaban J connectivity index is 1.72. The lowest BCUT2D eigenvalue weighted by atomic mass is 10.2. The molecule has 3 aromatic carbocycles. The van der Waals surface area contributed by atoms with Crippen LogP contribution in [0.3, 0.4) is 0 Å². The summed E-state index contributed by atoms with van der Waals surface area (Å²) < 4.78 is 35.8. The van der Waals surface area contributed by atoms with Gasteiger partial charge < -0.3 is 9.47 Å². The van der Waals surface area contributed by atoms with Crippen molar-refractivity contribution in [3.05, 3.63) is 87.4 Å². The van der Waals surface area contributed by atoms with Crippen molar-refractivity contribution in [2.24, 2.45) is 5.10 Å². The Hall–Kier alpha value is -2.74. The third-order valence-electron chi connectivity index (χ3n) is 4.30. The van der Waals surface area contributed by atoms with Gasteiger partial charge in [-0.2, -0.15) is 13.5 Å². The zero-order valence-corrected chi connectivity index (χ0v) is 19.1. The van der Waals surface area contributed by atoms with Crippen LogP contribution in [0.5, 0.6) is 11.5 Å². The van der Waals surface area contributed by atoms with E-state index in [9.17, 15) is 8.42 Å². The number of aryl methyl sites for hydroxylation is 1. The van der Waals surface area contributed by atoms with Crippen LogP contribution < -0.4 is 14.3 Å². The van der Waals surface area contributed by atoms with Gasteiger partial charge in [0.05, 0.1) is 18.2 Å². The molecule has 0 bridgehead atoms. The highest BCUT2D eigenvalue weighted by Crippen LogP contribution is 2.30. The smallest absolute Gasteiger partial charge is 0.276 e. The fraction of sp³-hybridized carbons (Fsp3) is 0.136. The molecule has 0 aromatic heterocycles. The van der Waals surface area contributed by atoms with Crippen LogP contribution in [0.2, 0.25) is 10.0 Å². The van der Waals surface area contributed by atoms with Gasteiger partial charge in [-0.15, -0.1) is 0 Å². The van der Waals surface area contributed by atoms with Crippen molar-refractivity contribution < 1.29 is 17.9 Å². The van der Waals surface area contributed by atoms with Gasteiger partial charge in [0, 0.05) is 15.6 Å². The summed E-state index contributed by atoms with van der Waals surface area (Å²) in [5, 5.41) is 4.89. The number of halogens is 2. The van der Waals surface area contributed by atoms with E-state index in [2.05, 4.69) is 9.93 Å². The molecule has 0 aliphatic heterocycles. The van der Waals surface area contributed by atoms with Crippen LogP contribution in [0.1, 0.15) is 16.7 Å². The lowest BCUT2D eigenvalue weighted by Crippen LogP contribution is -2.18. The molecule has 3 aromatic rings. The maximum absolute atomic E-state index is 12.3. The van der Waals surface area contributed by atoms with E-state index < -0.39 is 10.0 Å². The Morgan fingerprint density at radius 3 is 2.42 bits per heavy atom. The molecular weight excluding hydrogens is 459 g/mol. The highest BCUT2D eigenvalue weighted by molar-refractivity contribution is 7.89. The Labute approximate surface area is 191 Å². The molecule has 9 heteroatoms. The predicted molar refractivity (Wildman–Crippen MR) is 123 cm³/mol. The number of nitrogens with one attached hydrogen (secondary N) is 1. The largest absolute Gasteiger partial charge is 0.493 e. The minimum Gasteiger partial charge on any atom is -0.493 e. The van der Waals surface area contributed by atoms with Gasteiger partial charge in [-0.05, 0) is 55.0 Å². The molecule has 0 heterocycles. The molecule has 0 saturated heterocycles. The Morgan fingerprint density at radius 1 is 1.00 bits per heavy atom. The highest BCUT2D eigenvalue weighted by atomic mass is 35.5. The topological polar surface area (TPSA) is 77.0 Å². The number of hydrogen-bond acceptors (Lipinski definition) is 5. The van der Waals surface area contributed by atoms with Gasteiger partial charge >= 0.3 is 0 Å². The van der Waals surface area contributed by atoms with E-state index in [0.29, 0.717) is 27.1 Å². The summed E-state index contributed by atoms with van der Waals surface area (Å²) in [6, 6.07) is 16.8. The number of sulfonamides is 1. The molecule has 162 valence electrons. The third kappa shape index (κ3) is 6.13. The SMILES string of the molecule is COc1ccc(/C=N\NS(=O)(=O)c2ccc(C)cc2)cc1OCc1ccc(Cl)cc1Cl. The highest BCUT2D eigenvalue weighted by Gasteiger charge is 2.12. The Bertz CT molecular complexity index is 1200. The zero-order chi connectivity index (χ0) is 22.4. The van der Waals surface area contributed by atoms with Crippen molar-refractivity contribution in [2.45, 2.75) is 18.4 Å². The van der Waals surface area contributed by atoms with Crippen LogP contribution in [0.15, 0.2) is 70.7 Å². The van der Waals surface area contributed by atoms with Crippen molar-refractivity contribution in [3.8, 4) is 11.5 Å². The zero-order valence-electron chi connectivity index (χ0n) is 16.8. The molecule has 0 fully saturated rings. The van der Waals surface area contributed by atoms with Gasteiger partial charge in [0.1, 0.15) is 6.61 Å². The van der Waals surface area contributed by atoms with Gasteiger partial charge in [-0.3, -0.25) is 0 Å².